The fourth-order valence-corrected chi connectivity index (χ4v) is 2.88. The summed E-state index contributed by atoms with van der Waals surface area (Å²) in [6.07, 6.45) is -0.688. The van der Waals surface area contributed by atoms with E-state index in [4.69, 9.17) is 10.5 Å². The highest BCUT2D eigenvalue weighted by molar-refractivity contribution is 9.10. The Bertz CT molecular complexity index is 414. The summed E-state index contributed by atoms with van der Waals surface area (Å²) in [5, 5.41) is 9.69. The highest BCUT2D eigenvalue weighted by Gasteiger charge is 2.12. The smallest absolute Gasteiger partial charge is 0.308 e. The third kappa shape index (κ3) is 5.29. The van der Waals surface area contributed by atoms with Gasteiger partial charge in [-0.15, -0.1) is 11.8 Å². The molecule has 0 heterocycles. The summed E-state index contributed by atoms with van der Waals surface area (Å²) in [6, 6.07) is 5.48. The molecule has 0 bridgehead atoms. The van der Waals surface area contributed by atoms with Crippen molar-refractivity contribution in [2.75, 3.05) is 18.1 Å². The van der Waals surface area contributed by atoms with Crippen LogP contribution in [0.5, 0.6) is 0 Å². The molecule has 0 aromatic heterocycles. The van der Waals surface area contributed by atoms with E-state index in [1.165, 1.54) is 11.8 Å². The molecule has 0 aliphatic carbocycles. The average molecular weight is 334 g/mol. The Labute approximate surface area is 119 Å². The molecule has 0 fully saturated rings. The molecule has 0 aliphatic rings. The Morgan fingerprint density at radius 2 is 2.33 bits per heavy atom. The van der Waals surface area contributed by atoms with Crippen LogP contribution < -0.4 is 5.73 Å². The first-order valence-electron chi connectivity index (χ1n) is 5.54. The summed E-state index contributed by atoms with van der Waals surface area (Å²) < 4.78 is 5.66. The largest absolute Gasteiger partial charge is 0.466 e. The van der Waals surface area contributed by atoms with Crippen LogP contribution in [0.4, 0.5) is 5.69 Å². The van der Waals surface area contributed by atoms with Gasteiger partial charge in [-0.2, -0.15) is 0 Å². The number of anilines is 1. The fraction of sp³-hybridized carbons (Fsp3) is 0.417. The van der Waals surface area contributed by atoms with Gasteiger partial charge in [-0.25, -0.2) is 0 Å². The number of hydrogen-bond acceptors (Lipinski definition) is 5. The van der Waals surface area contributed by atoms with E-state index in [9.17, 15) is 9.90 Å². The highest BCUT2D eigenvalue weighted by Crippen LogP contribution is 2.29. The van der Waals surface area contributed by atoms with Gasteiger partial charge in [-0.1, -0.05) is 0 Å². The lowest BCUT2D eigenvalue weighted by atomic mass is 10.3. The van der Waals surface area contributed by atoms with Crippen LogP contribution in [0.2, 0.25) is 0 Å². The second-order valence-corrected chi connectivity index (χ2v) is 5.58. The maximum Gasteiger partial charge on any atom is 0.308 e. The van der Waals surface area contributed by atoms with Gasteiger partial charge in [0.2, 0.25) is 0 Å². The molecule has 0 amide bonds. The maximum atomic E-state index is 11.2. The molecule has 1 aromatic carbocycles. The van der Waals surface area contributed by atoms with Crippen molar-refractivity contribution in [3.8, 4) is 0 Å². The van der Waals surface area contributed by atoms with Crippen LogP contribution in [-0.4, -0.2) is 29.5 Å². The molecule has 1 unspecified atom stereocenters. The Kier molecular flexibility index (Phi) is 6.52. The molecule has 0 saturated heterocycles. The van der Waals surface area contributed by atoms with Gasteiger partial charge < -0.3 is 15.6 Å². The molecule has 3 N–H and O–H groups in total. The molecule has 0 spiro atoms. The lowest BCUT2D eigenvalue weighted by Crippen LogP contribution is -2.17. The van der Waals surface area contributed by atoms with Crippen molar-refractivity contribution < 1.29 is 14.6 Å². The van der Waals surface area contributed by atoms with Crippen LogP contribution in [0.25, 0.3) is 0 Å². The Morgan fingerprint density at radius 1 is 1.61 bits per heavy atom. The lowest BCUT2D eigenvalue weighted by molar-refractivity contribution is -0.144. The van der Waals surface area contributed by atoms with Gasteiger partial charge >= 0.3 is 5.97 Å². The van der Waals surface area contributed by atoms with Crippen molar-refractivity contribution in [3.05, 3.63) is 22.7 Å². The first-order chi connectivity index (χ1) is 8.52. The highest BCUT2D eigenvalue weighted by atomic mass is 79.9. The predicted octanol–water partition coefficient (Wildman–Crippen LogP) is 2.44. The first-order valence-corrected chi connectivity index (χ1v) is 7.32. The van der Waals surface area contributed by atoms with Crippen molar-refractivity contribution in [3.63, 3.8) is 0 Å². The molecule has 0 saturated carbocycles. The number of rotatable bonds is 6. The summed E-state index contributed by atoms with van der Waals surface area (Å²) in [7, 11) is 0. The number of aliphatic hydroxyl groups excluding tert-OH is 1. The molecule has 1 atom stereocenters. The van der Waals surface area contributed by atoms with Crippen molar-refractivity contribution >= 4 is 39.3 Å². The Hall–Kier alpha value is -0.720. The van der Waals surface area contributed by atoms with Gasteiger partial charge in [-0.3, -0.25) is 4.79 Å². The van der Waals surface area contributed by atoms with Crippen molar-refractivity contribution in [1.82, 2.24) is 0 Å². The number of benzene rings is 1. The van der Waals surface area contributed by atoms with E-state index in [0.717, 1.165) is 9.37 Å². The van der Waals surface area contributed by atoms with Gasteiger partial charge in [0.15, 0.2) is 0 Å². The van der Waals surface area contributed by atoms with Gasteiger partial charge in [0.05, 0.1) is 19.1 Å². The number of halogens is 1. The fourth-order valence-electron chi connectivity index (χ4n) is 1.29. The Morgan fingerprint density at radius 3 is 2.94 bits per heavy atom. The molecule has 1 rings (SSSR count). The number of ether oxygens (including phenoxy) is 1. The zero-order valence-electron chi connectivity index (χ0n) is 10.1. The Balaban J connectivity index is 2.42. The second-order valence-electron chi connectivity index (χ2n) is 3.66. The number of thioether (sulfide) groups is 1. The van der Waals surface area contributed by atoms with Crippen LogP contribution in [0, 0.1) is 0 Å². The number of nitrogen functional groups attached to an aromatic ring is 1. The minimum Gasteiger partial charge on any atom is -0.466 e. The quantitative estimate of drug-likeness (QED) is 0.475. The number of aliphatic hydroxyl groups is 1. The molecular weight excluding hydrogens is 318 g/mol. The number of nitrogens with two attached hydrogens (primary N) is 1. The molecule has 4 nitrogen and oxygen atoms in total. The van der Waals surface area contributed by atoms with Gasteiger partial charge in [0.1, 0.15) is 0 Å². The van der Waals surface area contributed by atoms with Crippen molar-refractivity contribution in [2.45, 2.75) is 24.3 Å². The molecule has 0 radical (unpaired) electrons. The zero-order valence-corrected chi connectivity index (χ0v) is 12.5. The predicted molar refractivity (Wildman–Crippen MR) is 76.5 cm³/mol. The van der Waals surface area contributed by atoms with E-state index in [0.29, 0.717) is 18.0 Å². The average Bonchev–Trinajstić information content (AvgIpc) is 2.28. The summed E-state index contributed by atoms with van der Waals surface area (Å²) in [4.78, 5) is 12.1. The minimum absolute atomic E-state index is 0.0213. The van der Waals surface area contributed by atoms with E-state index in [1.54, 1.807) is 19.1 Å². The van der Waals surface area contributed by atoms with Crippen LogP contribution in [0.15, 0.2) is 27.6 Å². The summed E-state index contributed by atoms with van der Waals surface area (Å²) in [5.74, 6) is 0.0587. The number of carbonyl (C=O) groups excluding carboxylic acids is 1. The molecular formula is C12H16BrNO3S. The summed E-state index contributed by atoms with van der Waals surface area (Å²) >= 11 is 4.86. The molecule has 0 aliphatic heterocycles. The first kappa shape index (κ1) is 15.3. The monoisotopic (exact) mass is 333 g/mol. The standard InChI is InChI=1S/C12H16BrNO3S/c1-2-17-12(16)6-9(15)7-18-11-4-3-8(14)5-10(11)13/h3-5,9,15H,2,6-7,14H2,1H3. The summed E-state index contributed by atoms with van der Waals surface area (Å²) in [6.45, 7) is 2.08. The molecule has 6 heteroatoms. The number of carbonyl (C=O) groups is 1. The molecule has 100 valence electrons. The third-order valence-electron chi connectivity index (χ3n) is 2.09. The molecule has 1 aromatic rings. The van der Waals surface area contributed by atoms with E-state index in [1.807, 2.05) is 6.07 Å². The second kappa shape index (κ2) is 7.66. The van der Waals surface area contributed by atoms with Crippen LogP contribution >= 0.6 is 27.7 Å². The van der Waals surface area contributed by atoms with E-state index < -0.39 is 6.10 Å². The van der Waals surface area contributed by atoms with E-state index >= 15 is 0 Å². The molecule has 18 heavy (non-hydrogen) atoms. The van der Waals surface area contributed by atoms with Crippen LogP contribution in [-0.2, 0) is 9.53 Å². The van der Waals surface area contributed by atoms with Crippen LogP contribution in [0.1, 0.15) is 13.3 Å². The lowest BCUT2D eigenvalue weighted by Gasteiger charge is -2.10. The van der Waals surface area contributed by atoms with Gasteiger partial charge in [-0.05, 0) is 41.1 Å². The number of esters is 1. The van der Waals surface area contributed by atoms with Crippen LogP contribution in [0.3, 0.4) is 0 Å². The maximum absolute atomic E-state index is 11.2. The van der Waals surface area contributed by atoms with Gasteiger partial charge in [0, 0.05) is 20.8 Å². The third-order valence-corrected chi connectivity index (χ3v) is 4.23. The van der Waals surface area contributed by atoms with E-state index in [-0.39, 0.29) is 12.4 Å². The van der Waals surface area contributed by atoms with Crippen molar-refractivity contribution in [1.29, 1.82) is 0 Å². The minimum atomic E-state index is -0.710. The van der Waals surface area contributed by atoms with Crippen molar-refractivity contribution in [2.24, 2.45) is 0 Å². The van der Waals surface area contributed by atoms with E-state index in [2.05, 4.69) is 15.9 Å². The zero-order chi connectivity index (χ0) is 13.5. The van der Waals surface area contributed by atoms with Gasteiger partial charge in [0.25, 0.3) is 0 Å². The summed E-state index contributed by atoms with van der Waals surface area (Å²) in [5.41, 5.74) is 6.31. The SMILES string of the molecule is CCOC(=O)CC(O)CSc1ccc(N)cc1Br. The normalized spacial score (nSPS) is 12.2. The number of hydrogen-bond donors (Lipinski definition) is 2. The topological polar surface area (TPSA) is 72.5 Å².